The van der Waals surface area contributed by atoms with Gasteiger partial charge in [-0.05, 0) is 43.7 Å². The summed E-state index contributed by atoms with van der Waals surface area (Å²) < 4.78 is 0. The van der Waals surface area contributed by atoms with Gasteiger partial charge in [-0.3, -0.25) is 4.79 Å². The predicted molar refractivity (Wildman–Crippen MR) is 123 cm³/mol. The molecule has 0 spiro atoms. The molecule has 6 nitrogen and oxygen atoms in total. The zero-order chi connectivity index (χ0) is 22.1. The van der Waals surface area contributed by atoms with Crippen LogP contribution in [0.4, 0.5) is 5.82 Å². The molecule has 1 saturated heterocycles. The van der Waals surface area contributed by atoms with E-state index < -0.39 is 0 Å². The molecule has 0 radical (unpaired) electrons. The van der Waals surface area contributed by atoms with Gasteiger partial charge in [-0.2, -0.15) is 0 Å². The number of fused-ring (bicyclic) bond motifs is 1. The first-order chi connectivity index (χ1) is 14.1. The highest BCUT2D eigenvalue weighted by Crippen LogP contribution is 2.35. The molecule has 1 amide bonds. The van der Waals surface area contributed by atoms with Gasteiger partial charge in [0.05, 0.1) is 5.70 Å². The van der Waals surface area contributed by atoms with Crippen molar-refractivity contribution in [3.8, 4) is 0 Å². The van der Waals surface area contributed by atoms with E-state index in [1.54, 1.807) is 0 Å². The lowest BCUT2D eigenvalue weighted by Gasteiger charge is -2.39. The minimum Gasteiger partial charge on any atom is -0.376 e. The summed E-state index contributed by atoms with van der Waals surface area (Å²) in [6.07, 6.45) is 8.99. The maximum Gasteiger partial charge on any atom is 0.227 e. The molecule has 0 aromatic carbocycles. The summed E-state index contributed by atoms with van der Waals surface area (Å²) in [6, 6.07) is 0.385. The van der Waals surface area contributed by atoms with Crippen LogP contribution in [0, 0.1) is 5.41 Å². The third-order valence-corrected chi connectivity index (χ3v) is 6.29. The maximum atomic E-state index is 12.6. The lowest BCUT2D eigenvalue weighted by atomic mass is 9.92. The average Bonchev–Trinajstić information content (AvgIpc) is 3.19. The Morgan fingerprint density at radius 1 is 1.10 bits per heavy atom. The number of rotatable bonds is 5. The van der Waals surface area contributed by atoms with Crippen LogP contribution < -0.4 is 4.90 Å². The Kier molecular flexibility index (Phi) is 6.53. The third-order valence-electron chi connectivity index (χ3n) is 6.29. The Morgan fingerprint density at radius 3 is 2.30 bits per heavy atom. The number of hydrogen-bond donors (Lipinski definition) is 0. The van der Waals surface area contributed by atoms with E-state index in [1.165, 1.54) is 11.1 Å². The molecule has 2 aliphatic rings. The van der Waals surface area contributed by atoms with Crippen molar-refractivity contribution in [2.75, 3.05) is 39.1 Å². The molecule has 1 fully saturated rings. The van der Waals surface area contributed by atoms with Crippen molar-refractivity contribution < 1.29 is 4.79 Å². The molecular formula is C24H37N5O. The Balaban J connectivity index is 1.81. The SMILES string of the molecule is C=C/C=C(/c1nnc(N(C)C2CCN(C(=O)C(C)(C)C)CC2)c2c1CCC2)N(C)C. The van der Waals surface area contributed by atoms with E-state index >= 15 is 0 Å². The van der Waals surface area contributed by atoms with Crippen molar-refractivity contribution in [1.82, 2.24) is 20.0 Å². The van der Waals surface area contributed by atoms with E-state index in [4.69, 9.17) is 5.10 Å². The highest BCUT2D eigenvalue weighted by Gasteiger charge is 2.33. The van der Waals surface area contributed by atoms with Crippen LogP contribution in [0.15, 0.2) is 18.7 Å². The normalized spacial score (nSPS) is 17.7. The molecular weight excluding hydrogens is 374 g/mol. The monoisotopic (exact) mass is 411 g/mol. The number of likely N-dealkylation sites (tertiary alicyclic amines) is 1. The summed E-state index contributed by atoms with van der Waals surface area (Å²) in [4.78, 5) is 19.0. The van der Waals surface area contributed by atoms with Gasteiger partial charge in [0.2, 0.25) is 5.91 Å². The van der Waals surface area contributed by atoms with Crippen LogP contribution in [-0.2, 0) is 17.6 Å². The van der Waals surface area contributed by atoms with Crippen LogP contribution in [0.5, 0.6) is 0 Å². The number of allylic oxidation sites excluding steroid dienone is 2. The van der Waals surface area contributed by atoms with E-state index in [0.717, 1.165) is 62.4 Å². The van der Waals surface area contributed by atoms with Gasteiger partial charge < -0.3 is 14.7 Å². The van der Waals surface area contributed by atoms with E-state index in [2.05, 4.69) is 28.5 Å². The fourth-order valence-corrected chi connectivity index (χ4v) is 4.61. The quantitative estimate of drug-likeness (QED) is 0.694. The largest absolute Gasteiger partial charge is 0.376 e. The fraction of sp³-hybridized carbons (Fsp3) is 0.625. The van der Waals surface area contributed by atoms with Gasteiger partial charge in [0.15, 0.2) is 5.82 Å². The smallest absolute Gasteiger partial charge is 0.227 e. The number of carbonyl (C=O) groups excluding carboxylic acids is 1. The summed E-state index contributed by atoms with van der Waals surface area (Å²) in [5, 5.41) is 9.37. The molecule has 2 heterocycles. The van der Waals surface area contributed by atoms with Crippen LogP contribution in [-0.4, -0.2) is 66.2 Å². The van der Waals surface area contributed by atoms with Crippen molar-refractivity contribution in [2.24, 2.45) is 5.41 Å². The molecule has 30 heavy (non-hydrogen) atoms. The summed E-state index contributed by atoms with van der Waals surface area (Å²) in [7, 11) is 6.21. The lowest BCUT2D eigenvalue weighted by Crippen LogP contribution is -2.49. The molecule has 6 heteroatoms. The minimum atomic E-state index is -0.316. The molecule has 0 saturated carbocycles. The number of anilines is 1. The molecule has 0 unspecified atom stereocenters. The van der Waals surface area contributed by atoms with E-state index in [9.17, 15) is 4.79 Å². The van der Waals surface area contributed by atoms with Crippen LogP contribution in [0.25, 0.3) is 5.70 Å². The Bertz CT molecular complexity index is 829. The van der Waals surface area contributed by atoms with Crippen LogP contribution in [0.2, 0.25) is 0 Å². The van der Waals surface area contributed by atoms with E-state index in [1.807, 2.05) is 51.9 Å². The number of amides is 1. The molecule has 3 rings (SSSR count). The second kappa shape index (κ2) is 8.78. The molecule has 1 aliphatic carbocycles. The Hall–Kier alpha value is -2.37. The van der Waals surface area contributed by atoms with Gasteiger partial charge >= 0.3 is 0 Å². The number of aromatic nitrogens is 2. The summed E-state index contributed by atoms with van der Waals surface area (Å²) in [5.74, 6) is 1.27. The van der Waals surface area contributed by atoms with Gasteiger partial charge in [-0.1, -0.05) is 33.4 Å². The van der Waals surface area contributed by atoms with Crippen LogP contribution >= 0.6 is 0 Å². The second-order valence-electron chi connectivity index (χ2n) is 9.75. The minimum absolute atomic E-state index is 0.249. The topological polar surface area (TPSA) is 52.6 Å². The highest BCUT2D eigenvalue weighted by molar-refractivity contribution is 5.81. The first-order valence-electron chi connectivity index (χ1n) is 11.1. The van der Waals surface area contributed by atoms with Crippen LogP contribution in [0.1, 0.15) is 56.9 Å². The lowest BCUT2D eigenvalue weighted by molar-refractivity contribution is -0.140. The molecule has 0 N–H and O–H groups in total. The van der Waals surface area contributed by atoms with Gasteiger partial charge in [0.1, 0.15) is 5.69 Å². The van der Waals surface area contributed by atoms with Crippen LogP contribution in [0.3, 0.4) is 0 Å². The molecule has 1 aromatic rings. The van der Waals surface area contributed by atoms with E-state index in [0.29, 0.717) is 6.04 Å². The van der Waals surface area contributed by atoms with Gasteiger partial charge in [0.25, 0.3) is 0 Å². The number of hydrogen-bond acceptors (Lipinski definition) is 5. The van der Waals surface area contributed by atoms with Gasteiger partial charge in [-0.25, -0.2) is 0 Å². The summed E-state index contributed by atoms with van der Waals surface area (Å²) in [6.45, 7) is 11.5. The fourth-order valence-electron chi connectivity index (χ4n) is 4.61. The molecule has 164 valence electrons. The van der Waals surface area contributed by atoms with Crippen molar-refractivity contribution in [2.45, 2.75) is 58.9 Å². The summed E-state index contributed by atoms with van der Waals surface area (Å²) >= 11 is 0. The summed E-state index contributed by atoms with van der Waals surface area (Å²) in [5.41, 5.74) is 4.39. The van der Waals surface area contributed by atoms with Gasteiger partial charge in [0, 0.05) is 51.3 Å². The first-order valence-corrected chi connectivity index (χ1v) is 11.1. The number of piperidine rings is 1. The van der Waals surface area contributed by atoms with Crippen molar-refractivity contribution in [3.05, 3.63) is 35.6 Å². The second-order valence-corrected chi connectivity index (χ2v) is 9.75. The maximum absolute atomic E-state index is 12.6. The third kappa shape index (κ3) is 4.37. The van der Waals surface area contributed by atoms with Crippen molar-refractivity contribution >= 4 is 17.4 Å². The molecule has 0 bridgehead atoms. The number of nitrogens with zero attached hydrogens (tertiary/aromatic N) is 5. The average molecular weight is 412 g/mol. The van der Waals surface area contributed by atoms with E-state index in [-0.39, 0.29) is 11.3 Å². The van der Waals surface area contributed by atoms with Crippen molar-refractivity contribution in [3.63, 3.8) is 0 Å². The highest BCUT2D eigenvalue weighted by atomic mass is 16.2. The Labute approximate surface area is 181 Å². The zero-order valence-corrected chi connectivity index (χ0v) is 19.5. The Morgan fingerprint density at radius 2 is 1.73 bits per heavy atom. The molecule has 1 aliphatic heterocycles. The first kappa shape index (κ1) is 22.3. The number of carbonyl (C=O) groups is 1. The van der Waals surface area contributed by atoms with Gasteiger partial charge in [-0.15, -0.1) is 10.2 Å². The molecule has 0 atom stereocenters. The zero-order valence-electron chi connectivity index (χ0n) is 19.5. The predicted octanol–water partition coefficient (Wildman–Crippen LogP) is 3.53. The molecule has 1 aromatic heterocycles. The standard InChI is InChI=1S/C24H37N5O/c1-8-10-20(27(5)6)21-18-11-9-12-19(18)22(26-25-21)28(7)17-13-15-29(16-14-17)23(30)24(2,3)4/h8,10,17H,1,9,11-16H2,2-7H3/b20-10-. The van der Waals surface area contributed by atoms with Crippen molar-refractivity contribution in [1.29, 1.82) is 0 Å².